The first-order valence-corrected chi connectivity index (χ1v) is 6.03. The molecule has 2 N–H and O–H groups in total. The summed E-state index contributed by atoms with van der Waals surface area (Å²) in [4.78, 5) is 4.02. The molecule has 1 heterocycles. The molecule has 1 aromatic rings. The topological polar surface area (TPSA) is 82.3 Å². The van der Waals surface area contributed by atoms with Gasteiger partial charge in [0.15, 0.2) is 0 Å². The quantitative estimate of drug-likeness (QED) is 0.782. The average molecular weight is 222 g/mol. The van der Waals surface area contributed by atoms with Gasteiger partial charge < -0.3 is 4.74 Å². The normalized spacial score (nSPS) is 11.8. The Labute approximate surface area is 80.6 Å². The molecule has 0 fully saturated rings. The largest absolute Gasteiger partial charge is 0.378 e. The Hall–Kier alpha value is -0.500. The van der Waals surface area contributed by atoms with Crippen molar-refractivity contribution < 1.29 is 13.2 Å². The number of methoxy groups -OCH3 is 1. The Morgan fingerprint density at radius 1 is 1.69 bits per heavy atom. The van der Waals surface area contributed by atoms with Gasteiger partial charge in [0.1, 0.15) is 10.8 Å². The number of primary sulfonamides is 1. The molecule has 0 unspecified atom stereocenters. The minimum absolute atomic E-state index is 0.207. The molecular formula is C6H10N2O3S2. The molecule has 0 bridgehead atoms. The molecule has 0 radical (unpaired) electrons. The fourth-order valence-electron chi connectivity index (χ4n) is 0.801. The van der Waals surface area contributed by atoms with Gasteiger partial charge in [0, 0.05) is 12.5 Å². The minimum atomic E-state index is -3.47. The standard InChI is InChI=1S/C6H10N2O3S2/c1-11-2-5-3-12-6(8-5)4-13(7,9)10/h3H,2,4H2,1H3,(H2,7,9,10). The summed E-state index contributed by atoms with van der Waals surface area (Å²) in [7, 11) is -1.92. The number of hydrogen-bond acceptors (Lipinski definition) is 5. The number of rotatable bonds is 4. The van der Waals surface area contributed by atoms with Crippen molar-refractivity contribution in [2.45, 2.75) is 12.4 Å². The number of aromatic nitrogens is 1. The lowest BCUT2D eigenvalue weighted by atomic mass is 10.5. The van der Waals surface area contributed by atoms with Crippen LogP contribution in [0.4, 0.5) is 0 Å². The lowest BCUT2D eigenvalue weighted by molar-refractivity contribution is 0.182. The second-order valence-electron chi connectivity index (χ2n) is 2.47. The molecule has 0 aliphatic carbocycles. The first kappa shape index (κ1) is 10.6. The molecule has 0 aliphatic rings. The molecule has 0 aliphatic heterocycles. The number of sulfonamides is 1. The van der Waals surface area contributed by atoms with Crippen LogP contribution in [0.3, 0.4) is 0 Å². The molecule has 0 aromatic carbocycles. The van der Waals surface area contributed by atoms with Crippen molar-refractivity contribution in [3.63, 3.8) is 0 Å². The zero-order chi connectivity index (χ0) is 9.90. The zero-order valence-electron chi connectivity index (χ0n) is 7.06. The van der Waals surface area contributed by atoms with E-state index in [0.717, 1.165) is 5.69 Å². The Morgan fingerprint density at radius 3 is 2.92 bits per heavy atom. The molecule has 0 atom stereocenters. The van der Waals surface area contributed by atoms with Gasteiger partial charge in [-0.3, -0.25) is 0 Å². The van der Waals surface area contributed by atoms with Crippen LogP contribution < -0.4 is 5.14 Å². The first-order chi connectivity index (χ1) is 6.01. The van der Waals surface area contributed by atoms with E-state index in [1.54, 1.807) is 12.5 Å². The van der Waals surface area contributed by atoms with Crippen LogP contribution in [-0.2, 0) is 27.1 Å². The molecule has 0 saturated carbocycles. The van der Waals surface area contributed by atoms with E-state index in [0.29, 0.717) is 11.6 Å². The first-order valence-electron chi connectivity index (χ1n) is 3.44. The van der Waals surface area contributed by atoms with Crippen LogP contribution in [0, 0.1) is 0 Å². The summed E-state index contributed by atoms with van der Waals surface area (Å²) in [6.07, 6.45) is 0. The number of nitrogens with zero attached hydrogens (tertiary/aromatic N) is 1. The zero-order valence-corrected chi connectivity index (χ0v) is 8.69. The number of hydrogen-bond donors (Lipinski definition) is 1. The highest BCUT2D eigenvalue weighted by Crippen LogP contribution is 2.12. The lowest BCUT2D eigenvalue weighted by Crippen LogP contribution is -2.14. The number of thiazole rings is 1. The number of ether oxygens (including phenoxy) is 1. The van der Waals surface area contributed by atoms with E-state index in [4.69, 9.17) is 9.88 Å². The highest BCUT2D eigenvalue weighted by Gasteiger charge is 2.08. The summed E-state index contributed by atoms with van der Waals surface area (Å²) >= 11 is 1.27. The third-order valence-corrected chi connectivity index (χ3v) is 2.97. The summed E-state index contributed by atoms with van der Waals surface area (Å²) in [6.45, 7) is 0.390. The van der Waals surface area contributed by atoms with Gasteiger partial charge in [0.25, 0.3) is 0 Å². The van der Waals surface area contributed by atoms with E-state index in [-0.39, 0.29) is 5.75 Å². The van der Waals surface area contributed by atoms with Crippen LogP contribution in [-0.4, -0.2) is 20.5 Å². The van der Waals surface area contributed by atoms with Gasteiger partial charge >= 0.3 is 0 Å². The molecule has 0 saturated heterocycles. The highest BCUT2D eigenvalue weighted by atomic mass is 32.2. The molecule has 1 aromatic heterocycles. The Balaban J connectivity index is 2.69. The van der Waals surface area contributed by atoms with Crippen molar-refractivity contribution >= 4 is 21.4 Å². The fraction of sp³-hybridized carbons (Fsp3) is 0.500. The molecular weight excluding hydrogens is 212 g/mol. The molecule has 13 heavy (non-hydrogen) atoms. The molecule has 0 amide bonds. The van der Waals surface area contributed by atoms with E-state index in [2.05, 4.69) is 4.98 Å². The van der Waals surface area contributed by atoms with Crippen molar-refractivity contribution in [3.05, 3.63) is 16.1 Å². The average Bonchev–Trinajstić information content (AvgIpc) is 2.33. The maximum atomic E-state index is 10.7. The van der Waals surface area contributed by atoms with Crippen molar-refractivity contribution in [2.75, 3.05) is 7.11 Å². The summed E-state index contributed by atoms with van der Waals surface area (Å²) in [5, 5.41) is 7.11. The minimum Gasteiger partial charge on any atom is -0.378 e. The van der Waals surface area contributed by atoms with Gasteiger partial charge in [0.2, 0.25) is 10.0 Å². The Morgan fingerprint density at radius 2 is 2.38 bits per heavy atom. The van der Waals surface area contributed by atoms with Gasteiger partial charge in [-0.25, -0.2) is 18.5 Å². The van der Waals surface area contributed by atoms with Crippen LogP contribution in [0.5, 0.6) is 0 Å². The van der Waals surface area contributed by atoms with Crippen molar-refractivity contribution in [3.8, 4) is 0 Å². The maximum absolute atomic E-state index is 10.7. The molecule has 0 spiro atoms. The lowest BCUT2D eigenvalue weighted by Gasteiger charge is -1.92. The SMILES string of the molecule is COCc1csc(CS(N)(=O)=O)n1. The third-order valence-electron chi connectivity index (χ3n) is 1.22. The second kappa shape index (κ2) is 4.14. The van der Waals surface area contributed by atoms with Crippen LogP contribution >= 0.6 is 11.3 Å². The van der Waals surface area contributed by atoms with Gasteiger partial charge in [-0.2, -0.15) is 0 Å². The Bertz CT molecular complexity index is 371. The van der Waals surface area contributed by atoms with Gasteiger partial charge in [-0.05, 0) is 0 Å². The predicted molar refractivity (Wildman–Crippen MR) is 49.6 cm³/mol. The van der Waals surface area contributed by atoms with Gasteiger partial charge in [0.05, 0.1) is 12.3 Å². The van der Waals surface area contributed by atoms with Gasteiger partial charge in [-0.1, -0.05) is 0 Å². The van der Waals surface area contributed by atoms with Crippen LogP contribution in [0.2, 0.25) is 0 Å². The van der Waals surface area contributed by atoms with Gasteiger partial charge in [-0.15, -0.1) is 11.3 Å². The van der Waals surface area contributed by atoms with E-state index in [1.165, 1.54) is 11.3 Å². The predicted octanol–water partition coefficient (Wildman–Crippen LogP) is 0.0780. The van der Waals surface area contributed by atoms with Crippen LogP contribution in [0.25, 0.3) is 0 Å². The van der Waals surface area contributed by atoms with Crippen LogP contribution in [0.1, 0.15) is 10.7 Å². The summed E-state index contributed by atoms with van der Waals surface area (Å²) in [5.74, 6) is -0.207. The Kier molecular flexibility index (Phi) is 3.37. The van der Waals surface area contributed by atoms with E-state index >= 15 is 0 Å². The van der Waals surface area contributed by atoms with Crippen molar-refractivity contribution in [1.29, 1.82) is 0 Å². The van der Waals surface area contributed by atoms with Crippen molar-refractivity contribution in [1.82, 2.24) is 4.98 Å². The smallest absolute Gasteiger partial charge is 0.215 e. The highest BCUT2D eigenvalue weighted by molar-refractivity contribution is 7.88. The third kappa shape index (κ3) is 3.81. The molecule has 5 nitrogen and oxygen atoms in total. The van der Waals surface area contributed by atoms with E-state index in [9.17, 15) is 8.42 Å². The van der Waals surface area contributed by atoms with E-state index in [1.807, 2.05) is 0 Å². The fourth-order valence-corrected chi connectivity index (χ4v) is 2.54. The second-order valence-corrected chi connectivity index (χ2v) is 5.03. The van der Waals surface area contributed by atoms with E-state index < -0.39 is 10.0 Å². The summed E-state index contributed by atoms with van der Waals surface area (Å²) in [5.41, 5.74) is 0.728. The number of nitrogens with two attached hydrogens (primary N) is 1. The molecule has 1 rings (SSSR count). The van der Waals surface area contributed by atoms with Crippen LogP contribution in [0.15, 0.2) is 5.38 Å². The summed E-state index contributed by atoms with van der Waals surface area (Å²) in [6, 6.07) is 0. The maximum Gasteiger partial charge on any atom is 0.215 e. The molecule has 74 valence electrons. The monoisotopic (exact) mass is 222 g/mol. The summed E-state index contributed by atoms with van der Waals surface area (Å²) < 4.78 is 26.2. The van der Waals surface area contributed by atoms with Crippen molar-refractivity contribution in [2.24, 2.45) is 5.14 Å². The molecule has 7 heteroatoms.